The Morgan fingerprint density at radius 1 is 1.00 bits per heavy atom. The summed E-state index contributed by atoms with van der Waals surface area (Å²) in [5.74, 6) is -1.48. The van der Waals surface area contributed by atoms with Crippen molar-refractivity contribution in [2.24, 2.45) is 5.92 Å². The summed E-state index contributed by atoms with van der Waals surface area (Å²) in [7, 11) is -3.87. The lowest BCUT2D eigenvalue weighted by atomic mass is 10.2. The molecule has 31 heavy (non-hydrogen) atoms. The zero-order chi connectivity index (χ0) is 22.9. The van der Waals surface area contributed by atoms with Crippen LogP contribution in [-0.2, 0) is 26.1 Å². The number of imide groups is 1. The van der Waals surface area contributed by atoms with Gasteiger partial charge in [0.05, 0.1) is 10.5 Å². The van der Waals surface area contributed by atoms with Crippen molar-refractivity contribution in [3.8, 4) is 0 Å². The number of urea groups is 1. The molecule has 0 bridgehead atoms. The summed E-state index contributed by atoms with van der Waals surface area (Å²) < 4.78 is 32.3. The minimum atomic E-state index is -3.87. The van der Waals surface area contributed by atoms with Gasteiger partial charge in [0, 0.05) is 13.1 Å². The SMILES string of the molecule is CC(C)CNC(=O)NC(=O)COC(=O)c1cccc(S(=O)(=O)NCc2ccccc2)c1. The summed E-state index contributed by atoms with van der Waals surface area (Å²) in [6.45, 7) is 3.59. The van der Waals surface area contributed by atoms with Gasteiger partial charge in [-0.05, 0) is 29.7 Å². The van der Waals surface area contributed by atoms with Crippen molar-refractivity contribution in [2.75, 3.05) is 13.2 Å². The van der Waals surface area contributed by atoms with Crippen molar-refractivity contribution in [3.63, 3.8) is 0 Å². The van der Waals surface area contributed by atoms with Crippen LogP contribution in [0.25, 0.3) is 0 Å². The molecule has 10 heteroatoms. The van der Waals surface area contributed by atoms with Crippen LogP contribution >= 0.6 is 0 Å². The lowest BCUT2D eigenvalue weighted by Gasteiger charge is -2.10. The Morgan fingerprint density at radius 3 is 2.39 bits per heavy atom. The molecule has 3 N–H and O–H groups in total. The zero-order valence-electron chi connectivity index (χ0n) is 17.3. The van der Waals surface area contributed by atoms with E-state index < -0.39 is 34.5 Å². The van der Waals surface area contributed by atoms with Gasteiger partial charge in [-0.2, -0.15) is 0 Å². The zero-order valence-corrected chi connectivity index (χ0v) is 18.1. The van der Waals surface area contributed by atoms with Gasteiger partial charge in [0.15, 0.2) is 6.61 Å². The number of hydrogen-bond donors (Lipinski definition) is 3. The average molecular weight is 448 g/mol. The number of hydrogen-bond acceptors (Lipinski definition) is 6. The summed E-state index contributed by atoms with van der Waals surface area (Å²) in [4.78, 5) is 35.3. The Kier molecular flexibility index (Phi) is 8.71. The molecule has 0 radical (unpaired) electrons. The maximum absolute atomic E-state index is 12.5. The number of rotatable bonds is 9. The van der Waals surface area contributed by atoms with Crippen LogP contribution in [0.2, 0.25) is 0 Å². The first-order valence-corrected chi connectivity index (χ1v) is 11.0. The molecule has 2 aromatic carbocycles. The van der Waals surface area contributed by atoms with E-state index in [2.05, 4.69) is 10.0 Å². The number of benzene rings is 2. The van der Waals surface area contributed by atoms with E-state index in [0.29, 0.717) is 6.54 Å². The van der Waals surface area contributed by atoms with Crippen LogP contribution in [0.5, 0.6) is 0 Å². The van der Waals surface area contributed by atoms with E-state index in [1.165, 1.54) is 18.2 Å². The molecule has 0 atom stereocenters. The highest BCUT2D eigenvalue weighted by atomic mass is 32.2. The van der Waals surface area contributed by atoms with Gasteiger partial charge in [-0.1, -0.05) is 50.2 Å². The molecule has 166 valence electrons. The first kappa shape index (κ1) is 24.0. The van der Waals surface area contributed by atoms with Gasteiger partial charge in [-0.3, -0.25) is 10.1 Å². The van der Waals surface area contributed by atoms with Crippen molar-refractivity contribution in [1.29, 1.82) is 0 Å². The van der Waals surface area contributed by atoms with Crippen molar-refractivity contribution in [2.45, 2.75) is 25.3 Å². The summed E-state index contributed by atoms with van der Waals surface area (Å²) in [5.41, 5.74) is 0.740. The number of nitrogens with one attached hydrogen (secondary N) is 3. The van der Waals surface area contributed by atoms with Crippen molar-refractivity contribution >= 4 is 27.9 Å². The van der Waals surface area contributed by atoms with Crippen LogP contribution in [0.3, 0.4) is 0 Å². The molecule has 0 unspecified atom stereocenters. The molecule has 2 rings (SSSR count). The molecule has 2 aromatic rings. The maximum atomic E-state index is 12.5. The molecule has 0 spiro atoms. The largest absolute Gasteiger partial charge is 0.452 e. The molecule has 0 aliphatic rings. The Bertz CT molecular complexity index is 1020. The molecule has 9 nitrogen and oxygen atoms in total. The van der Waals surface area contributed by atoms with Gasteiger partial charge >= 0.3 is 12.0 Å². The van der Waals surface area contributed by atoms with Crippen LogP contribution in [0, 0.1) is 5.92 Å². The predicted molar refractivity (Wildman–Crippen MR) is 114 cm³/mol. The van der Waals surface area contributed by atoms with Gasteiger partial charge in [-0.15, -0.1) is 0 Å². The maximum Gasteiger partial charge on any atom is 0.338 e. The molecule has 0 saturated heterocycles. The molecule has 0 aliphatic heterocycles. The van der Waals surface area contributed by atoms with E-state index in [-0.39, 0.29) is 22.9 Å². The van der Waals surface area contributed by atoms with Crippen LogP contribution in [-0.4, -0.2) is 39.5 Å². The first-order chi connectivity index (χ1) is 14.7. The van der Waals surface area contributed by atoms with E-state index in [0.717, 1.165) is 11.6 Å². The Labute approximate surface area is 181 Å². The third-order valence-electron chi connectivity index (χ3n) is 3.95. The topological polar surface area (TPSA) is 131 Å². The lowest BCUT2D eigenvalue weighted by Crippen LogP contribution is -2.42. The first-order valence-electron chi connectivity index (χ1n) is 9.56. The molecule has 0 aliphatic carbocycles. The third-order valence-corrected chi connectivity index (χ3v) is 5.35. The van der Waals surface area contributed by atoms with Crippen LogP contribution in [0.15, 0.2) is 59.5 Å². The molecular weight excluding hydrogens is 422 g/mol. The summed E-state index contributed by atoms with van der Waals surface area (Å²) in [6, 6.07) is 13.6. The fourth-order valence-electron chi connectivity index (χ4n) is 2.37. The van der Waals surface area contributed by atoms with Crippen LogP contribution in [0.1, 0.15) is 29.8 Å². The minimum Gasteiger partial charge on any atom is -0.452 e. The molecule has 0 aromatic heterocycles. The van der Waals surface area contributed by atoms with Gasteiger partial charge < -0.3 is 10.1 Å². The van der Waals surface area contributed by atoms with Crippen molar-refractivity contribution in [1.82, 2.24) is 15.4 Å². The predicted octanol–water partition coefficient (Wildman–Crippen LogP) is 1.80. The minimum absolute atomic E-state index is 0.0420. The van der Waals surface area contributed by atoms with Crippen LogP contribution in [0.4, 0.5) is 4.79 Å². The summed E-state index contributed by atoms with van der Waals surface area (Å²) >= 11 is 0. The summed E-state index contributed by atoms with van der Waals surface area (Å²) in [5, 5.41) is 4.53. The average Bonchev–Trinajstić information content (AvgIpc) is 2.75. The van der Waals surface area contributed by atoms with Crippen molar-refractivity contribution in [3.05, 3.63) is 65.7 Å². The van der Waals surface area contributed by atoms with E-state index in [1.54, 1.807) is 24.3 Å². The standard InChI is InChI=1S/C21H25N3O6S/c1-15(2)12-22-21(27)24-19(25)14-30-20(26)17-9-6-10-18(11-17)31(28,29)23-13-16-7-4-3-5-8-16/h3-11,15,23H,12-14H2,1-2H3,(H2,22,24,25,27). The molecule has 0 saturated carbocycles. The second kappa shape index (κ2) is 11.2. The second-order valence-corrected chi connectivity index (χ2v) is 8.83. The smallest absolute Gasteiger partial charge is 0.338 e. The number of carbonyl (C=O) groups excluding carboxylic acids is 3. The van der Waals surface area contributed by atoms with E-state index in [9.17, 15) is 22.8 Å². The van der Waals surface area contributed by atoms with Crippen molar-refractivity contribution < 1.29 is 27.5 Å². The Balaban J connectivity index is 1.92. The molecule has 0 fully saturated rings. The second-order valence-electron chi connectivity index (χ2n) is 7.07. The van der Waals surface area contributed by atoms with E-state index in [1.807, 2.05) is 25.2 Å². The highest BCUT2D eigenvalue weighted by Crippen LogP contribution is 2.13. The quantitative estimate of drug-likeness (QED) is 0.503. The van der Waals surface area contributed by atoms with Crippen LogP contribution < -0.4 is 15.4 Å². The molecule has 0 heterocycles. The molecular formula is C21H25N3O6S. The third kappa shape index (κ3) is 8.19. The highest BCUT2D eigenvalue weighted by molar-refractivity contribution is 7.89. The number of esters is 1. The Morgan fingerprint density at radius 2 is 1.71 bits per heavy atom. The normalized spacial score (nSPS) is 11.1. The number of carbonyl (C=O) groups is 3. The van der Waals surface area contributed by atoms with Gasteiger partial charge in [-0.25, -0.2) is 22.7 Å². The number of amides is 3. The van der Waals surface area contributed by atoms with Gasteiger partial charge in [0.1, 0.15) is 0 Å². The number of ether oxygens (including phenoxy) is 1. The monoisotopic (exact) mass is 447 g/mol. The fourth-order valence-corrected chi connectivity index (χ4v) is 3.43. The van der Waals surface area contributed by atoms with Gasteiger partial charge in [0.2, 0.25) is 10.0 Å². The van der Waals surface area contributed by atoms with Gasteiger partial charge in [0.25, 0.3) is 5.91 Å². The number of sulfonamides is 1. The lowest BCUT2D eigenvalue weighted by molar-refractivity contribution is -0.123. The highest BCUT2D eigenvalue weighted by Gasteiger charge is 2.18. The van der Waals surface area contributed by atoms with E-state index >= 15 is 0 Å². The fraction of sp³-hybridized carbons (Fsp3) is 0.286. The van der Waals surface area contributed by atoms with E-state index in [4.69, 9.17) is 4.74 Å². The Hall–Kier alpha value is -3.24. The summed E-state index contributed by atoms with van der Waals surface area (Å²) in [6.07, 6.45) is 0. The molecule has 3 amide bonds.